The maximum absolute atomic E-state index is 11.2. The Morgan fingerprint density at radius 2 is 1.68 bits per heavy atom. The molecule has 0 aliphatic heterocycles. The van der Waals surface area contributed by atoms with Gasteiger partial charge in [0, 0.05) is 6.42 Å². The van der Waals surface area contributed by atoms with Gasteiger partial charge >= 0.3 is 5.97 Å². The molecule has 0 aromatic heterocycles. The van der Waals surface area contributed by atoms with Crippen LogP contribution in [0.15, 0.2) is 0 Å². The van der Waals surface area contributed by atoms with Gasteiger partial charge in [-0.15, -0.1) is 0 Å². The van der Waals surface area contributed by atoms with Crippen LogP contribution in [0.2, 0.25) is 0 Å². The van der Waals surface area contributed by atoms with Crippen LogP contribution >= 0.6 is 0 Å². The minimum absolute atomic E-state index is 0.179. The van der Waals surface area contributed by atoms with Crippen LogP contribution in [0.3, 0.4) is 0 Å². The number of fused-ring (bicyclic) bond motifs is 5. The molecule has 28 heavy (non-hydrogen) atoms. The molecule has 3 N–H and O–H groups in total. The van der Waals surface area contributed by atoms with Gasteiger partial charge in [0.1, 0.15) is 0 Å². The Morgan fingerprint density at radius 1 is 1.00 bits per heavy atom. The molecular formula is C24H40O4. The number of hydrogen-bond acceptors (Lipinski definition) is 3. The SMILES string of the molecule is C[C@H](CCC(=O)O)[C@H]1CCC2C3C(CCC21C)[C@@]1(C)CC[C@@H](O)C[C@H]1C[C@@H]3O. The second-order valence-electron chi connectivity index (χ2n) is 11.4. The first-order valence-corrected chi connectivity index (χ1v) is 11.7. The molecule has 4 saturated carbocycles. The largest absolute Gasteiger partial charge is 0.481 e. The first kappa shape index (κ1) is 20.7. The summed E-state index contributed by atoms with van der Waals surface area (Å²) in [5, 5.41) is 30.5. The predicted octanol–water partition coefficient (Wildman–Crippen LogP) is 4.48. The Kier molecular flexibility index (Phi) is 5.36. The molecule has 0 amide bonds. The number of aliphatic carboxylic acids is 1. The van der Waals surface area contributed by atoms with E-state index in [1.807, 2.05) is 0 Å². The number of carboxylic acid groups (broad SMARTS) is 1. The lowest BCUT2D eigenvalue weighted by atomic mass is 9.43. The third kappa shape index (κ3) is 3.14. The highest BCUT2D eigenvalue weighted by atomic mass is 16.4. The topological polar surface area (TPSA) is 77.8 Å². The van der Waals surface area contributed by atoms with Crippen molar-refractivity contribution in [3.63, 3.8) is 0 Å². The number of carboxylic acids is 1. The van der Waals surface area contributed by atoms with Crippen LogP contribution in [-0.4, -0.2) is 33.5 Å². The summed E-state index contributed by atoms with van der Waals surface area (Å²) < 4.78 is 0. The van der Waals surface area contributed by atoms with Crippen molar-refractivity contribution in [2.75, 3.05) is 0 Å². The normalized spacial score (nSPS) is 51.7. The molecule has 4 nitrogen and oxygen atoms in total. The van der Waals surface area contributed by atoms with E-state index in [4.69, 9.17) is 5.11 Å². The van der Waals surface area contributed by atoms with Crippen LogP contribution in [0.5, 0.6) is 0 Å². The van der Waals surface area contributed by atoms with E-state index in [0.717, 1.165) is 32.1 Å². The molecule has 0 heterocycles. The molecule has 4 rings (SSSR count). The monoisotopic (exact) mass is 392 g/mol. The molecule has 10 atom stereocenters. The van der Waals surface area contributed by atoms with Crippen molar-refractivity contribution in [3.8, 4) is 0 Å². The molecule has 0 aromatic carbocycles. The minimum atomic E-state index is -0.684. The van der Waals surface area contributed by atoms with Crippen LogP contribution in [-0.2, 0) is 4.79 Å². The second kappa shape index (κ2) is 7.27. The number of hydrogen-bond donors (Lipinski definition) is 3. The fraction of sp³-hybridized carbons (Fsp3) is 0.958. The van der Waals surface area contributed by atoms with Crippen molar-refractivity contribution < 1.29 is 20.1 Å². The highest BCUT2D eigenvalue weighted by molar-refractivity contribution is 5.66. The minimum Gasteiger partial charge on any atom is -0.481 e. The lowest BCUT2D eigenvalue weighted by Gasteiger charge is -2.62. The Balaban J connectivity index is 1.55. The second-order valence-corrected chi connectivity index (χ2v) is 11.4. The highest BCUT2D eigenvalue weighted by Crippen LogP contribution is 2.68. The van der Waals surface area contributed by atoms with Gasteiger partial charge in [-0.25, -0.2) is 0 Å². The molecule has 4 heteroatoms. The smallest absolute Gasteiger partial charge is 0.303 e. The van der Waals surface area contributed by atoms with Gasteiger partial charge in [0.05, 0.1) is 12.2 Å². The lowest BCUT2D eigenvalue weighted by Crippen LogP contribution is -2.58. The number of carbonyl (C=O) groups is 1. The average Bonchev–Trinajstić information content (AvgIpc) is 2.98. The maximum atomic E-state index is 11.2. The summed E-state index contributed by atoms with van der Waals surface area (Å²) >= 11 is 0. The van der Waals surface area contributed by atoms with Crippen LogP contribution in [0.4, 0.5) is 0 Å². The van der Waals surface area contributed by atoms with Crippen molar-refractivity contribution in [1.82, 2.24) is 0 Å². The van der Waals surface area contributed by atoms with Crippen molar-refractivity contribution in [2.24, 2.45) is 46.3 Å². The molecular weight excluding hydrogens is 352 g/mol. The molecule has 0 saturated heterocycles. The Hall–Kier alpha value is -0.610. The van der Waals surface area contributed by atoms with E-state index in [9.17, 15) is 15.0 Å². The quantitative estimate of drug-likeness (QED) is 0.659. The molecule has 0 bridgehead atoms. The van der Waals surface area contributed by atoms with E-state index in [-0.39, 0.29) is 29.5 Å². The summed E-state index contributed by atoms with van der Waals surface area (Å²) in [6, 6.07) is 0. The zero-order valence-electron chi connectivity index (χ0n) is 17.9. The van der Waals surface area contributed by atoms with Gasteiger partial charge in [-0.1, -0.05) is 20.8 Å². The fourth-order valence-corrected chi connectivity index (χ4v) is 8.73. The van der Waals surface area contributed by atoms with Crippen LogP contribution < -0.4 is 0 Å². The average molecular weight is 393 g/mol. The summed E-state index contributed by atoms with van der Waals surface area (Å²) in [4.78, 5) is 11.1. The van der Waals surface area contributed by atoms with Crippen molar-refractivity contribution in [1.29, 1.82) is 0 Å². The Bertz CT molecular complexity index is 605. The van der Waals surface area contributed by atoms with E-state index in [0.29, 0.717) is 35.5 Å². The summed E-state index contributed by atoms with van der Waals surface area (Å²) in [5.41, 5.74) is 0.523. The summed E-state index contributed by atoms with van der Waals surface area (Å²) in [6.45, 7) is 7.16. The predicted molar refractivity (Wildman–Crippen MR) is 109 cm³/mol. The van der Waals surface area contributed by atoms with Gasteiger partial charge in [0.15, 0.2) is 0 Å². The van der Waals surface area contributed by atoms with Crippen LogP contribution in [0.1, 0.15) is 85.0 Å². The van der Waals surface area contributed by atoms with Gasteiger partial charge in [-0.3, -0.25) is 4.79 Å². The molecule has 0 aromatic rings. The standard InChI is InChI=1S/C24H40O4/c1-14(4-7-21(27)28)17-5-6-18-22-19(9-11-24(17,18)3)23(2)10-8-16(25)12-15(23)13-20(22)26/h14-20,22,25-26H,4-13H2,1-3H3,(H,27,28)/t14-,15+,16-,17-,18?,19?,20+,22?,23+,24?/m1/s1. The summed E-state index contributed by atoms with van der Waals surface area (Å²) in [5.74, 6) is 2.36. The molecule has 0 spiro atoms. The summed E-state index contributed by atoms with van der Waals surface area (Å²) in [7, 11) is 0. The third-order valence-electron chi connectivity index (χ3n) is 10.2. The van der Waals surface area contributed by atoms with Gasteiger partial charge in [-0.05, 0) is 104 Å². The van der Waals surface area contributed by atoms with Gasteiger partial charge in [0.25, 0.3) is 0 Å². The van der Waals surface area contributed by atoms with Crippen molar-refractivity contribution in [2.45, 2.75) is 97.2 Å². The molecule has 4 aliphatic rings. The van der Waals surface area contributed by atoms with E-state index >= 15 is 0 Å². The summed E-state index contributed by atoms with van der Waals surface area (Å²) in [6.07, 6.45) is 9.19. The van der Waals surface area contributed by atoms with Crippen LogP contribution in [0, 0.1) is 46.3 Å². The zero-order chi connectivity index (χ0) is 20.3. The van der Waals surface area contributed by atoms with E-state index in [2.05, 4.69) is 20.8 Å². The van der Waals surface area contributed by atoms with Crippen LogP contribution in [0.25, 0.3) is 0 Å². The fourth-order valence-electron chi connectivity index (χ4n) is 8.73. The van der Waals surface area contributed by atoms with Crippen molar-refractivity contribution >= 4 is 5.97 Å². The van der Waals surface area contributed by atoms with E-state index in [1.54, 1.807) is 0 Å². The molecule has 4 aliphatic carbocycles. The number of aliphatic hydroxyl groups is 2. The van der Waals surface area contributed by atoms with E-state index < -0.39 is 5.97 Å². The third-order valence-corrected chi connectivity index (χ3v) is 10.2. The van der Waals surface area contributed by atoms with Gasteiger partial charge < -0.3 is 15.3 Å². The number of rotatable bonds is 4. The van der Waals surface area contributed by atoms with Gasteiger partial charge in [-0.2, -0.15) is 0 Å². The molecule has 0 radical (unpaired) electrons. The first-order valence-electron chi connectivity index (χ1n) is 11.7. The molecule has 4 unspecified atom stereocenters. The zero-order valence-corrected chi connectivity index (χ0v) is 17.9. The van der Waals surface area contributed by atoms with Crippen molar-refractivity contribution in [3.05, 3.63) is 0 Å². The highest BCUT2D eigenvalue weighted by Gasteiger charge is 2.62. The Morgan fingerprint density at radius 3 is 2.39 bits per heavy atom. The molecule has 160 valence electrons. The van der Waals surface area contributed by atoms with E-state index in [1.165, 1.54) is 25.7 Å². The lowest BCUT2D eigenvalue weighted by molar-refractivity contribution is -0.174. The molecule has 4 fully saturated rings. The maximum Gasteiger partial charge on any atom is 0.303 e. The number of aliphatic hydroxyl groups excluding tert-OH is 2. The Labute approximate surface area is 170 Å². The van der Waals surface area contributed by atoms with Gasteiger partial charge in [0.2, 0.25) is 0 Å². The first-order chi connectivity index (χ1) is 13.2.